The summed E-state index contributed by atoms with van der Waals surface area (Å²) in [6.07, 6.45) is 4.90. The molecule has 0 aromatic carbocycles. The third kappa shape index (κ3) is 1.59. The average Bonchev–Trinajstić information content (AvgIpc) is 2.86. The molecule has 3 heteroatoms. The molecule has 3 saturated carbocycles. The van der Waals surface area contributed by atoms with Crippen LogP contribution < -0.4 is 10.6 Å². The predicted molar refractivity (Wildman–Crippen MR) is 72.3 cm³/mol. The Kier molecular flexibility index (Phi) is 2.49. The molecule has 0 aromatic heterocycles. The van der Waals surface area contributed by atoms with Gasteiger partial charge in [0.15, 0.2) is 0 Å². The van der Waals surface area contributed by atoms with E-state index < -0.39 is 0 Å². The van der Waals surface area contributed by atoms with Crippen LogP contribution in [0, 0.1) is 22.7 Å². The van der Waals surface area contributed by atoms with Crippen molar-refractivity contribution in [2.45, 2.75) is 65.5 Å². The third-order valence-corrected chi connectivity index (χ3v) is 6.53. The molecule has 2 amide bonds. The summed E-state index contributed by atoms with van der Waals surface area (Å²) in [7, 11) is 0. The van der Waals surface area contributed by atoms with Gasteiger partial charge in [-0.15, -0.1) is 0 Å². The van der Waals surface area contributed by atoms with Gasteiger partial charge >= 0.3 is 6.03 Å². The summed E-state index contributed by atoms with van der Waals surface area (Å²) < 4.78 is 0. The molecule has 102 valence electrons. The number of hydrogen-bond donors (Lipinski definition) is 2. The minimum atomic E-state index is 0.0546. The van der Waals surface area contributed by atoms with Crippen molar-refractivity contribution >= 4 is 6.03 Å². The van der Waals surface area contributed by atoms with Crippen molar-refractivity contribution in [1.29, 1.82) is 0 Å². The number of hydrogen-bond acceptors (Lipinski definition) is 1. The lowest BCUT2D eigenvalue weighted by molar-refractivity contribution is 0.123. The molecule has 3 fully saturated rings. The lowest BCUT2D eigenvalue weighted by atomic mass is 9.69. The number of carbonyl (C=O) groups is 1. The van der Waals surface area contributed by atoms with Crippen LogP contribution in [0.2, 0.25) is 0 Å². The van der Waals surface area contributed by atoms with Crippen molar-refractivity contribution in [3.63, 3.8) is 0 Å². The molecule has 2 N–H and O–H groups in total. The van der Waals surface area contributed by atoms with Gasteiger partial charge in [0, 0.05) is 12.1 Å². The minimum absolute atomic E-state index is 0.0546. The lowest BCUT2D eigenvalue weighted by Gasteiger charge is -2.39. The molecular formula is C15H26N2O. The van der Waals surface area contributed by atoms with Crippen molar-refractivity contribution in [3.8, 4) is 0 Å². The maximum Gasteiger partial charge on any atom is 0.315 e. The number of nitrogens with one attached hydrogen (secondary N) is 2. The van der Waals surface area contributed by atoms with E-state index in [1.54, 1.807) is 0 Å². The highest BCUT2D eigenvalue weighted by atomic mass is 16.2. The molecule has 3 rings (SSSR count). The van der Waals surface area contributed by atoms with E-state index in [9.17, 15) is 4.79 Å². The Morgan fingerprint density at radius 1 is 1.17 bits per heavy atom. The molecular weight excluding hydrogens is 224 g/mol. The normalized spacial score (nSPS) is 48.0. The van der Waals surface area contributed by atoms with Gasteiger partial charge in [-0.1, -0.05) is 27.7 Å². The molecule has 0 aliphatic heterocycles. The second kappa shape index (κ2) is 3.64. The second-order valence-corrected chi connectivity index (χ2v) is 7.60. The van der Waals surface area contributed by atoms with Crippen molar-refractivity contribution in [2.75, 3.05) is 0 Å². The topological polar surface area (TPSA) is 41.1 Å². The van der Waals surface area contributed by atoms with Crippen LogP contribution in [-0.4, -0.2) is 18.1 Å². The Morgan fingerprint density at radius 2 is 1.83 bits per heavy atom. The van der Waals surface area contributed by atoms with E-state index in [1.165, 1.54) is 12.8 Å². The standard InChI is InChI=1S/C15H26N2O/c1-9-7-11(9)16-13(18)17-12-8-10-5-6-15(12,4)14(10,2)3/h9-12H,5-8H2,1-4H3,(H2,16,17,18). The van der Waals surface area contributed by atoms with Gasteiger partial charge in [0.1, 0.15) is 0 Å². The lowest BCUT2D eigenvalue weighted by Crippen LogP contribution is -2.50. The summed E-state index contributed by atoms with van der Waals surface area (Å²) >= 11 is 0. The monoisotopic (exact) mass is 250 g/mol. The SMILES string of the molecule is CC1CC1NC(=O)NC1CC2CCC1(C)C2(C)C. The van der Waals surface area contributed by atoms with Crippen molar-refractivity contribution in [2.24, 2.45) is 22.7 Å². The molecule has 0 aromatic rings. The highest BCUT2D eigenvalue weighted by molar-refractivity contribution is 5.75. The van der Waals surface area contributed by atoms with Gasteiger partial charge in [-0.05, 0) is 48.3 Å². The van der Waals surface area contributed by atoms with E-state index in [1.807, 2.05) is 0 Å². The third-order valence-electron chi connectivity index (χ3n) is 6.53. The first-order valence-corrected chi connectivity index (χ1v) is 7.41. The molecule has 3 aliphatic carbocycles. The maximum atomic E-state index is 12.0. The zero-order valence-corrected chi connectivity index (χ0v) is 12.0. The highest BCUT2D eigenvalue weighted by Crippen LogP contribution is 2.65. The van der Waals surface area contributed by atoms with Crippen LogP contribution in [0.1, 0.15) is 53.4 Å². The number of amides is 2. The summed E-state index contributed by atoms with van der Waals surface area (Å²) in [4.78, 5) is 12.0. The summed E-state index contributed by atoms with van der Waals surface area (Å²) in [5, 5.41) is 6.33. The number of urea groups is 1. The largest absolute Gasteiger partial charge is 0.335 e. The Bertz CT molecular complexity index is 379. The zero-order valence-electron chi connectivity index (χ0n) is 12.0. The summed E-state index contributed by atoms with van der Waals surface area (Å²) in [5.74, 6) is 1.45. The van der Waals surface area contributed by atoms with E-state index in [0.29, 0.717) is 23.4 Å². The molecule has 2 bridgehead atoms. The first kappa shape index (κ1) is 12.3. The Hall–Kier alpha value is -0.730. The van der Waals surface area contributed by atoms with Gasteiger partial charge in [-0.25, -0.2) is 4.79 Å². The number of fused-ring (bicyclic) bond motifs is 2. The first-order valence-electron chi connectivity index (χ1n) is 7.41. The fourth-order valence-corrected chi connectivity index (χ4v) is 4.31. The first-order chi connectivity index (χ1) is 8.34. The molecule has 3 nitrogen and oxygen atoms in total. The Balaban J connectivity index is 1.63. The predicted octanol–water partition coefficient (Wildman–Crippen LogP) is 2.91. The second-order valence-electron chi connectivity index (χ2n) is 7.60. The fourth-order valence-electron chi connectivity index (χ4n) is 4.31. The zero-order chi connectivity index (χ0) is 13.1. The molecule has 18 heavy (non-hydrogen) atoms. The average molecular weight is 250 g/mol. The minimum Gasteiger partial charge on any atom is -0.335 e. The summed E-state index contributed by atoms with van der Waals surface area (Å²) in [5.41, 5.74) is 0.655. The van der Waals surface area contributed by atoms with Crippen LogP contribution >= 0.6 is 0 Å². The van der Waals surface area contributed by atoms with Crippen LogP contribution in [0.25, 0.3) is 0 Å². The van der Waals surface area contributed by atoms with Gasteiger partial charge < -0.3 is 10.6 Å². The molecule has 0 spiro atoms. The van der Waals surface area contributed by atoms with E-state index in [0.717, 1.165) is 18.8 Å². The summed E-state index contributed by atoms with van der Waals surface area (Å²) in [6, 6.07) is 0.837. The molecule has 5 atom stereocenters. The van der Waals surface area contributed by atoms with Gasteiger partial charge in [0.2, 0.25) is 0 Å². The van der Waals surface area contributed by atoms with Gasteiger partial charge in [0.25, 0.3) is 0 Å². The van der Waals surface area contributed by atoms with Crippen LogP contribution in [0.15, 0.2) is 0 Å². The number of rotatable bonds is 2. The van der Waals surface area contributed by atoms with Crippen LogP contribution in [0.5, 0.6) is 0 Å². The Labute approximate surface area is 110 Å². The highest BCUT2D eigenvalue weighted by Gasteiger charge is 2.61. The van der Waals surface area contributed by atoms with Gasteiger partial charge in [-0.2, -0.15) is 0 Å². The quantitative estimate of drug-likeness (QED) is 0.777. The summed E-state index contributed by atoms with van der Waals surface area (Å²) in [6.45, 7) is 9.32. The molecule has 0 saturated heterocycles. The van der Waals surface area contributed by atoms with Gasteiger partial charge in [-0.3, -0.25) is 0 Å². The molecule has 0 heterocycles. The number of carbonyl (C=O) groups excluding carboxylic acids is 1. The van der Waals surface area contributed by atoms with Crippen molar-refractivity contribution in [1.82, 2.24) is 10.6 Å². The van der Waals surface area contributed by atoms with Crippen LogP contribution in [0.3, 0.4) is 0 Å². The van der Waals surface area contributed by atoms with Crippen molar-refractivity contribution in [3.05, 3.63) is 0 Å². The molecule has 0 radical (unpaired) electrons. The van der Waals surface area contributed by atoms with E-state index >= 15 is 0 Å². The molecule has 3 aliphatic rings. The van der Waals surface area contributed by atoms with Crippen LogP contribution in [-0.2, 0) is 0 Å². The molecule has 5 unspecified atom stereocenters. The van der Waals surface area contributed by atoms with Crippen molar-refractivity contribution < 1.29 is 4.79 Å². The Morgan fingerprint density at radius 3 is 2.28 bits per heavy atom. The van der Waals surface area contributed by atoms with E-state index in [-0.39, 0.29) is 11.4 Å². The maximum absolute atomic E-state index is 12.0. The van der Waals surface area contributed by atoms with E-state index in [4.69, 9.17) is 0 Å². The smallest absolute Gasteiger partial charge is 0.315 e. The van der Waals surface area contributed by atoms with Gasteiger partial charge in [0.05, 0.1) is 0 Å². The fraction of sp³-hybridized carbons (Fsp3) is 0.933. The van der Waals surface area contributed by atoms with E-state index in [2.05, 4.69) is 38.3 Å². The van der Waals surface area contributed by atoms with Crippen LogP contribution in [0.4, 0.5) is 4.79 Å².